The van der Waals surface area contributed by atoms with E-state index in [9.17, 15) is 39.9 Å². The number of aliphatic hydroxyl groups is 5. The summed E-state index contributed by atoms with van der Waals surface area (Å²) in [6, 6.07) is 0. The van der Waals surface area contributed by atoms with Crippen LogP contribution in [0.2, 0.25) is 0 Å². The van der Waals surface area contributed by atoms with Crippen molar-refractivity contribution < 1.29 is 92.0 Å². The third-order valence-corrected chi connectivity index (χ3v) is 18.6. The zero-order chi connectivity index (χ0) is 51.0. The van der Waals surface area contributed by atoms with Crippen LogP contribution in [0.5, 0.6) is 0 Å². The van der Waals surface area contributed by atoms with Crippen LogP contribution in [0.1, 0.15) is 120 Å². The number of ether oxygens (including phenoxy) is 11. The highest BCUT2D eigenvalue weighted by molar-refractivity contribution is 5.88. The Labute approximate surface area is 411 Å². The van der Waals surface area contributed by atoms with Crippen molar-refractivity contribution in [2.75, 3.05) is 20.8 Å². The Morgan fingerprint density at radius 1 is 0.771 bits per heavy atom. The van der Waals surface area contributed by atoms with Crippen molar-refractivity contribution in [1.82, 2.24) is 0 Å². The Bertz CT molecular complexity index is 1930. The van der Waals surface area contributed by atoms with Gasteiger partial charge >= 0.3 is 11.9 Å². The largest absolute Gasteiger partial charge is 0.458 e. The summed E-state index contributed by atoms with van der Waals surface area (Å²) in [6.07, 6.45) is -10.1. The number of aliphatic hydroxyl groups excluding tert-OH is 5. The Kier molecular flexibility index (Phi) is 15.8. The molecular formula is C51H80O19. The number of Topliss-reactive ketones (excluding diaryl/α,β-unsaturated/α-hetero) is 1. The topological polar surface area (TPSA) is 257 Å². The first kappa shape index (κ1) is 54.1. The third-order valence-electron chi connectivity index (χ3n) is 18.6. The average Bonchev–Trinajstić information content (AvgIpc) is 3.88. The molecule has 19 heteroatoms. The number of hydrogen-bond acceptors (Lipinski definition) is 19. The third kappa shape index (κ3) is 8.74. The quantitative estimate of drug-likeness (QED) is 0.0684. The van der Waals surface area contributed by atoms with E-state index < -0.39 is 145 Å². The van der Waals surface area contributed by atoms with Crippen molar-refractivity contribution in [3.8, 4) is 0 Å². The summed E-state index contributed by atoms with van der Waals surface area (Å²) in [5.41, 5.74) is -2.29. The molecule has 25 atom stereocenters. The molecule has 0 radical (unpaired) electrons. The number of epoxide rings is 1. The van der Waals surface area contributed by atoms with Gasteiger partial charge in [0, 0.05) is 43.5 Å². The van der Waals surface area contributed by atoms with Crippen LogP contribution in [0, 0.1) is 34.5 Å². The van der Waals surface area contributed by atoms with Crippen LogP contribution in [-0.2, 0) is 66.5 Å². The van der Waals surface area contributed by atoms with E-state index in [4.69, 9.17) is 52.1 Å². The van der Waals surface area contributed by atoms with E-state index in [1.807, 2.05) is 27.7 Å². The highest BCUT2D eigenvalue weighted by Gasteiger charge is 2.91. The normalized spacial score (nSPS) is 50.4. The number of rotatable bonds is 15. The minimum Gasteiger partial charge on any atom is -0.458 e. The molecule has 4 aliphatic carbocycles. The van der Waals surface area contributed by atoms with E-state index in [1.54, 1.807) is 40.9 Å². The molecule has 5 N–H and O–H groups in total. The zero-order valence-corrected chi connectivity index (χ0v) is 42.7. The summed E-state index contributed by atoms with van der Waals surface area (Å²) < 4.78 is 69.6. The van der Waals surface area contributed by atoms with E-state index in [0.717, 1.165) is 6.42 Å². The Morgan fingerprint density at radius 2 is 1.46 bits per heavy atom. The zero-order valence-electron chi connectivity index (χ0n) is 42.7. The molecule has 8 fully saturated rings. The summed E-state index contributed by atoms with van der Waals surface area (Å²) in [7, 11) is 2.95. The van der Waals surface area contributed by atoms with Gasteiger partial charge in [-0.3, -0.25) is 9.59 Å². The monoisotopic (exact) mass is 997 g/mol. The van der Waals surface area contributed by atoms with Gasteiger partial charge in [-0.05, 0) is 97.3 Å². The number of methoxy groups -OCH3 is 2. The fourth-order valence-electron chi connectivity index (χ4n) is 14.4. The lowest BCUT2D eigenvalue weighted by molar-refractivity contribution is -0.371. The number of carbonyl (C=O) groups excluding carboxylic acids is 3. The number of ketones is 1. The van der Waals surface area contributed by atoms with E-state index >= 15 is 0 Å². The number of carbonyl (C=O) groups is 3. The Morgan fingerprint density at radius 3 is 2.10 bits per heavy atom. The second-order valence-corrected chi connectivity index (χ2v) is 22.1. The summed E-state index contributed by atoms with van der Waals surface area (Å²) in [4.78, 5) is 41.4. The second kappa shape index (κ2) is 20.5. The van der Waals surface area contributed by atoms with Crippen molar-refractivity contribution in [3.05, 3.63) is 11.6 Å². The summed E-state index contributed by atoms with van der Waals surface area (Å²) >= 11 is 0. The maximum absolute atomic E-state index is 14.0. The fraction of sp³-hybridized carbons (Fsp3) is 0.902. The standard InChI is InChI=1S/C51H80O19/c1-12-23(3)44(58)66-41-42-48(8)17-15-29(20-28(48)14-18-50(42)51(70-50)19-16-30(25(5)53)49(51,9)43(41)69-45(59)24(4)13-2)64-33-21-31(60-10)38(26(6)62-33)67-47-37(57)40(61-11)39(27(7)63-47)68-46-36(56)35(55)34(54)32(22-52)65-46/h13,23,26-43,46-47,52,54-57H,12,14-22H2,1-11H3/b24-13-/t23?,26-,27-,28+,29+,30+,31-,32-,33+,34-,35+,36-,37-,38-,39-,40+,41+,42-,43-,46+,47+,48+,49+,50+,51-/m1/s1. The molecule has 0 aromatic carbocycles. The Balaban J connectivity index is 0.960. The molecule has 8 rings (SSSR count). The molecular weight excluding hydrogens is 917 g/mol. The molecule has 4 saturated carbocycles. The first-order chi connectivity index (χ1) is 33.1. The summed E-state index contributed by atoms with van der Waals surface area (Å²) in [5, 5.41) is 52.4. The van der Waals surface area contributed by atoms with Gasteiger partial charge in [-0.1, -0.05) is 33.8 Å². The van der Waals surface area contributed by atoms with Crippen molar-refractivity contribution in [3.63, 3.8) is 0 Å². The van der Waals surface area contributed by atoms with Crippen LogP contribution < -0.4 is 0 Å². The van der Waals surface area contributed by atoms with Crippen LogP contribution in [-0.4, -0.2) is 180 Å². The van der Waals surface area contributed by atoms with Crippen LogP contribution in [0.15, 0.2) is 11.6 Å². The molecule has 0 aromatic heterocycles. The number of hydrogen-bond donors (Lipinski definition) is 5. The highest BCUT2D eigenvalue weighted by Crippen LogP contribution is 2.81. The Hall–Kier alpha value is -2.21. The molecule has 1 unspecified atom stereocenters. The van der Waals surface area contributed by atoms with Crippen molar-refractivity contribution >= 4 is 17.7 Å². The van der Waals surface area contributed by atoms with Crippen LogP contribution in [0.25, 0.3) is 0 Å². The highest BCUT2D eigenvalue weighted by atomic mass is 16.8. The molecule has 398 valence electrons. The number of fused-ring (bicyclic) bond motifs is 2. The van der Waals surface area contributed by atoms with Gasteiger partial charge < -0.3 is 77.6 Å². The smallest absolute Gasteiger partial charge is 0.333 e. The first-order valence-corrected chi connectivity index (χ1v) is 25.7. The maximum Gasteiger partial charge on any atom is 0.333 e. The molecule has 0 amide bonds. The SMILES string of the molecule is C/C=C(/C)C(=O)O[C@@H]1[C@@H](OC(=O)C(C)CC)[C@@H]2[C@@]3(C)CC[C@H](O[C@H]4C[C@@H](OC)[C@H](O[C@@H]5O[C@H](C)[C@@H](O[C@@H]6O[C@H](CO)[C@@H](O)[C@H](O)[C@H]6O)[C@@H](OC)[C@H]5O)[C@@H](C)O4)C[C@@H]3CC[C@]23O[C@@]32CC[C@@H](C(C)=O)[C@@]12C. The van der Waals surface area contributed by atoms with Crippen LogP contribution in [0.3, 0.4) is 0 Å². The molecule has 19 nitrogen and oxygen atoms in total. The van der Waals surface area contributed by atoms with Crippen molar-refractivity contribution in [1.29, 1.82) is 0 Å². The molecule has 0 aromatic rings. The molecule has 8 aliphatic rings. The molecule has 4 saturated heterocycles. The van der Waals surface area contributed by atoms with Crippen LogP contribution in [0.4, 0.5) is 0 Å². The van der Waals surface area contributed by atoms with Gasteiger partial charge in [0.1, 0.15) is 78.0 Å². The first-order valence-electron chi connectivity index (χ1n) is 25.7. The predicted octanol–water partition coefficient (Wildman–Crippen LogP) is 2.79. The molecule has 70 heavy (non-hydrogen) atoms. The van der Waals surface area contributed by atoms with Gasteiger partial charge in [0.25, 0.3) is 0 Å². The summed E-state index contributed by atoms with van der Waals surface area (Å²) in [6.45, 7) is 16.0. The lowest BCUT2D eigenvalue weighted by Gasteiger charge is -2.61. The molecule has 0 bridgehead atoms. The lowest BCUT2D eigenvalue weighted by Crippen LogP contribution is -2.71. The molecule has 4 heterocycles. The lowest BCUT2D eigenvalue weighted by atomic mass is 9.43. The minimum atomic E-state index is -1.67. The van der Waals surface area contributed by atoms with Gasteiger partial charge in [0.05, 0.1) is 36.9 Å². The minimum absolute atomic E-state index is 0.00946. The van der Waals surface area contributed by atoms with Crippen molar-refractivity contribution in [2.45, 2.75) is 236 Å². The van der Waals surface area contributed by atoms with E-state index in [-0.39, 0.29) is 29.7 Å². The van der Waals surface area contributed by atoms with E-state index in [1.165, 1.54) is 7.11 Å². The van der Waals surface area contributed by atoms with E-state index in [2.05, 4.69) is 6.92 Å². The maximum atomic E-state index is 14.0. The second-order valence-electron chi connectivity index (χ2n) is 22.1. The van der Waals surface area contributed by atoms with Crippen molar-refractivity contribution in [2.24, 2.45) is 34.5 Å². The predicted molar refractivity (Wildman–Crippen MR) is 244 cm³/mol. The van der Waals surface area contributed by atoms with E-state index in [0.29, 0.717) is 56.9 Å². The molecule has 4 aliphatic heterocycles. The fourth-order valence-corrected chi connectivity index (χ4v) is 14.4. The summed E-state index contributed by atoms with van der Waals surface area (Å²) in [5.74, 6) is -1.87. The van der Waals surface area contributed by atoms with Gasteiger partial charge in [-0.15, -0.1) is 0 Å². The van der Waals surface area contributed by atoms with Gasteiger partial charge in [-0.25, -0.2) is 4.79 Å². The number of allylic oxidation sites excluding steroid dienone is 1. The van der Waals surface area contributed by atoms with Gasteiger partial charge in [-0.2, -0.15) is 0 Å². The van der Waals surface area contributed by atoms with Crippen LogP contribution >= 0.6 is 0 Å². The van der Waals surface area contributed by atoms with Gasteiger partial charge in [0.15, 0.2) is 18.9 Å². The molecule has 2 spiro atoms. The number of esters is 2. The average molecular weight is 997 g/mol. The van der Waals surface area contributed by atoms with Gasteiger partial charge in [0.2, 0.25) is 0 Å².